The second-order valence-electron chi connectivity index (χ2n) is 4.67. The molecule has 0 saturated carbocycles. The lowest BCUT2D eigenvalue weighted by Gasteiger charge is -2.12. The lowest BCUT2D eigenvalue weighted by molar-refractivity contribution is -0.116. The van der Waals surface area contributed by atoms with Crippen molar-refractivity contribution in [1.82, 2.24) is 10.6 Å². The van der Waals surface area contributed by atoms with E-state index in [2.05, 4.69) is 16.0 Å². The van der Waals surface area contributed by atoms with Gasteiger partial charge in [0.1, 0.15) is 0 Å². The number of rotatable bonds is 4. The maximum absolute atomic E-state index is 11.9. The number of amides is 2. The molecule has 3 N–H and O–H groups in total. The molecule has 1 aliphatic rings. The second kappa shape index (κ2) is 7.87. The number of para-hydroxylation sites is 1. The Morgan fingerprint density at radius 3 is 2.75 bits per heavy atom. The van der Waals surface area contributed by atoms with Crippen LogP contribution in [0.15, 0.2) is 24.3 Å². The maximum Gasteiger partial charge on any atom is 0.253 e. The zero-order chi connectivity index (χ0) is 13.7. The summed E-state index contributed by atoms with van der Waals surface area (Å²) in [5.74, 6) is -0.259. The highest BCUT2D eigenvalue weighted by atomic mass is 35.5. The minimum atomic E-state index is -0.199. The molecule has 1 aromatic rings. The molecule has 2 rings (SSSR count). The van der Waals surface area contributed by atoms with Crippen molar-refractivity contribution in [3.05, 3.63) is 29.8 Å². The first-order valence-electron chi connectivity index (χ1n) is 6.55. The van der Waals surface area contributed by atoms with Gasteiger partial charge in [-0.1, -0.05) is 12.1 Å². The summed E-state index contributed by atoms with van der Waals surface area (Å²) in [6.45, 7) is 0.979. The Kier molecular flexibility index (Phi) is 6.48. The van der Waals surface area contributed by atoms with Gasteiger partial charge in [0.05, 0.1) is 11.3 Å². The molecular formula is C14H20ClN3O2. The van der Waals surface area contributed by atoms with Crippen molar-refractivity contribution in [2.75, 3.05) is 18.9 Å². The van der Waals surface area contributed by atoms with Gasteiger partial charge in [0.2, 0.25) is 5.91 Å². The Labute approximate surface area is 124 Å². The van der Waals surface area contributed by atoms with E-state index in [-0.39, 0.29) is 30.3 Å². The lowest BCUT2D eigenvalue weighted by Crippen LogP contribution is -2.28. The number of carbonyl (C=O) groups is 2. The van der Waals surface area contributed by atoms with Crippen LogP contribution >= 0.6 is 12.4 Å². The average molecular weight is 298 g/mol. The predicted molar refractivity (Wildman–Crippen MR) is 81.4 cm³/mol. The average Bonchev–Trinajstić information content (AvgIpc) is 2.91. The van der Waals surface area contributed by atoms with E-state index in [0.717, 1.165) is 19.4 Å². The van der Waals surface area contributed by atoms with Gasteiger partial charge in [-0.3, -0.25) is 9.59 Å². The van der Waals surface area contributed by atoms with Crippen LogP contribution in [-0.2, 0) is 4.79 Å². The Balaban J connectivity index is 0.00000200. The van der Waals surface area contributed by atoms with Crippen LogP contribution < -0.4 is 16.0 Å². The molecule has 0 radical (unpaired) electrons. The van der Waals surface area contributed by atoms with E-state index in [4.69, 9.17) is 0 Å². The van der Waals surface area contributed by atoms with Gasteiger partial charge in [0.25, 0.3) is 5.91 Å². The molecule has 1 atom stereocenters. The van der Waals surface area contributed by atoms with Crippen LogP contribution in [0, 0.1) is 0 Å². The Hall–Kier alpha value is -1.59. The van der Waals surface area contributed by atoms with Gasteiger partial charge in [-0.15, -0.1) is 12.4 Å². The molecule has 1 aromatic carbocycles. The summed E-state index contributed by atoms with van der Waals surface area (Å²) >= 11 is 0. The molecule has 0 aromatic heterocycles. The highest BCUT2D eigenvalue weighted by molar-refractivity contribution is 6.03. The molecule has 0 bridgehead atoms. The van der Waals surface area contributed by atoms with Gasteiger partial charge in [-0.05, 0) is 31.5 Å². The molecular weight excluding hydrogens is 278 g/mol. The fourth-order valence-corrected chi connectivity index (χ4v) is 2.28. The molecule has 20 heavy (non-hydrogen) atoms. The number of anilines is 1. The van der Waals surface area contributed by atoms with Crippen LogP contribution in [0.3, 0.4) is 0 Å². The Morgan fingerprint density at radius 1 is 1.35 bits per heavy atom. The largest absolute Gasteiger partial charge is 0.355 e. The summed E-state index contributed by atoms with van der Waals surface area (Å²) in [7, 11) is 1.57. The second-order valence-corrected chi connectivity index (χ2v) is 4.67. The smallest absolute Gasteiger partial charge is 0.253 e. The molecule has 2 amide bonds. The fraction of sp³-hybridized carbons (Fsp3) is 0.429. The molecule has 1 unspecified atom stereocenters. The van der Waals surface area contributed by atoms with Gasteiger partial charge < -0.3 is 16.0 Å². The molecule has 1 aliphatic heterocycles. The fourth-order valence-electron chi connectivity index (χ4n) is 2.28. The van der Waals surface area contributed by atoms with E-state index >= 15 is 0 Å². The third-order valence-electron chi connectivity index (χ3n) is 3.27. The first-order chi connectivity index (χ1) is 9.20. The summed E-state index contributed by atoms with van der Waals surface area (Å²) in [6, 6.07) is 7.27. The van der Waals surface area contributed by atoms with Crippen LogP contribution in [0.1, 0.15) is 29.6 Å². The highest BCUT2D eigenvalue weighted by Gasteiger charge is 2.18. The third-order valence-corrected chi connectivity index (χ3v) is 3.27. The molecule has 0 aliphatic carbocycles. The van der Waals surface area contributed by atoms with Crippen LogP contribution in [-0.4, -0.2) is 31.4 Å². The third kappa shape index (κ3) is 4.21. The number of hydrogen-bond acceptors (Lipinski definition) is 3. The topological polar surface area (TPSA) is 70.2 Å². The Morgan fingerprint density at radius 2 is 2.10 bits per heavy atom. The highest BCUT2D eigenvalue weighted by Crippen LogP contribution is 2.16. The maximum atomic E-state index is 11.9. The summed E-state index contributed by atoms with van der Waals surface area (Å²) in [4.78, 5) is 23.6. The first kappa shape index (κ1) is 16.5. The van der Waals surface area contributed by atoms with Gasteiger partial charge in [-0.25, -0.2) is 0 Å². The molecule has 0 spiro atoms. The van der Waals surface area contributed by atoms with Gasteiger partial charge in [-0.2, -0.15) is 0 Å². The van der Waals surface area contributed by atoms with Gasteiger partial charge in [0.15, 0.2) is 0 Å². The minimum Gasteiger partial charge on any atom is -0.355 e. The van der Waals surface area contributed by atoms with Crippen molar-refractivity contribution >= 4 is 29.9 Å². The summed E-state index contributed by atoms with van der Waals surface area (Å²) in [5, 5.41) is 8.66. The summed E-state index contributed by atoms with van der Waals surface area (Å²) in [5.41, 5.74) is 1.04. The number of nitrogens with one attached hydrogen (secondary N) is 3. The van der Waals surface area contributed by atoms with Crippen molar-refractivity contribution in [2.45, 2.75) is 25.3 Å². The van der Waals surface area contributed by atoms with Crippen LogP contribution in [0.25, 0.3) is 0 Å². The van der Waals surface area contributed by atoms with Crippen LogP contribution in [0.5, 0.6) is 0 Å². The molecule has 1 saturated heterocycles. The van der Waals surface area contributed by atoms with Crippen molar-refractivity contribution in [3.8, 4) is 0 Å². The summed E-state index contributed by atoms with van der Waals surface area (Å²) < 4.78 is 0. The number of carbonyl (C=O) groups excluding carboxylic acids is 2. The number of halogens is 1. The van der Waals surface area contributed by atoms with Crippen molar-refractivity contribution in [3.63, 3.8) is 0 Å². The molecule has 110 valence electrons. The quantitative estimate of drug-likeness (QED) is 0.790. The van der Waals surface area contributed by atoms with E-state index in [0.29, 0.717) is 17.7 Å². The molecule has 6 heteroatoms. The Bertz CT molecular complexity index is 473. The predicted octanol–water partition coefficient (Wildman–Crippen LogP) is 1.55. The minimum absolute atomic E-state index is 0. The van der Waals surface area contributed by atoms with E-state index in [1.54, 1.807) is 31.3 Å². The van der Waals surface area contributed by atoms with Crippen LogP contribution in [0.2, 0.25) is 0 Å². The standard InChI is InChI=1S/C14H19N3O2.ClH/c1-15-14(19)11-6-2-3-7-12(11)17-13(18)9-10-5-4-8-16-10;/h2-3,6-7,10,16H,4-5,8-9H2,1H3,(H,15,19)(H,17,18);1H. The summed E-state index contributed by atoms with van der Waals surface area (Å²) in [6.07, 6.45) is 2.60. The number of hydrogen-bond donors (Lipinski definition) is 3. The van der Waals surface area contributed by atoms with Crippen molar-refractivity contribution in [1.29, 1.82) is 0 Å². The van der Waals surface area contributed by atoms with Crippen molar-refractivity contribution in [2.24, 2.45) is 0 Å². The molecule has 1 fully saturated rings. The van der Waals surface area contributed by atoms with E-state index in [9.17, 15) is 9.59 Å². The van der Waals surface area contributed by atoms with Gasteiger partial charge in [0, 0.05) is 19.5 Å². The van der Waals surface area contributed by atoms with Gasteiger partial charge >= 0.3 is 0 Å². The molecule has 5 nitrogen and oxygen atoms in total. The van der Waals surface area contributed by atoms with E-state index < -0.39 is 0 Å². The lowest BCUT2D eigenvalue weighted by atomic mass is 10.1. The normalized spacial score (nSPS) is 17.1. The monoisotopic (exact) mass is 297 g/mol. The number of benzene rings is 1. The van der Waals surface area contributed by atoms with Crippen LogP contribution in [0.4, 0.5) is 5.69 Å². The SMILES string of the molecule is CNC(=O)c1ccccc1NC(=O)CC1CCCN1.Cl. The first-order valence-corrected chi connectivity index (χ1v) is 6.55. The van der Waals surface area contributed by atoms with Crippen molar-refractivity contribution < 1.29 is 9.59 Å². The zero-order valence-corrected chi connectivity index (χ0v) is 12.3. The van der Waals surface area contributed by atoms with E-state index in [1.165, 1.54) is 0 Å². The van der Waals surface area contributed by atoms with E-state index in [1.807, 2.05) is 0 Å². The molecule has 1 heterocycles. The zero-order valence-electron chi connectivity index (χ0n) is 11.4.